The summed E-state index contributed by atoms with van der Waals surface area (Å²) in [7, 11) is 0. The Labute approximate surface area is 156 Å². The molecule has 3 rings (SSSR count). The van der Waals surface area contributed by atoms with Crippen molar-refractivity contribution >= 4 is 39.9 Å². The van der Waals surface area contributed by atoms with E-state index >= 15 is 0 Å². The van der Waals surface area contributed by atoms with Gasteiger partial charge in [-0.1, -0.05) is 36.4 Å². The van der Waals surface area contributed by atoms with Crippen LogP contribution in [0.25, 0.3) is 0 Å². The van der Waals surface area contributed by atoms with E-state index in [0.29, 0.717) is 5.56 Å². The highest BCUT2D eigenvalue weighted by Crippen LogP contribution is 2.33. The third kappa shape index (κ3) is 3.50. The lowest BCUT2D eigenvalue weighted by atomic mass is 9.93. The Morgan fingerprint density at radius 3 is 2.19 bits per heavy atom. The smallest absolute Gasteiger partial charge is 0.273 e. The van der Waals surface area contributed by atoms with Gasteiger partial charge in [-0.3, -0.25) is 9.59 Å². The first-order valence-corrected chi connectivity index (χ1v) is 8.29. The topological polar surface area (TPSA) is 90.0 Å². The normalized spacial score (nSPS) is 16.5. The molecule has 8 heteroatoms. The molecule has 1 aliphatic heterocycles. The van der Waals surface area contributed by atoms with Gasteiger partial charge >= 0.3 is 11.9 Å². The largest absolute Gasteiger partial charge is 0.386 e. The summed E-state index contributed by atoms with van der Waals surface area (Å²) in [5.74, 6) is -3.45. The molecule has 0 spiro atoms. The zero-order valence-electron chi connectivity index (χ0n) is 13.3. The number of carbonyl (C=O) groups excluding carboxylic acids is 4. The molecule has 1 heterocycles. The number of hydrogen-bond acceptors (Lipinski definition) is 6. The second-order valence-electron chi connectivity index (χ2n) is 5.46. The lowest BCUT2D eigenvalue weighted by Crippen LogP contribution is -2.20. The fourth-order valence-corrected chi connectivity index (χ4v) is 2.97. The Morgan fingerprint density at radius 1 is 0.923 bits per heavy atom. The molecule has 2 aromatic rings. The van der Waals surface area contributed by atoms with Crippen LogP contribution in [0.15, 0.2) is 54.6 Å². The maximum absolute atomic E-state index is 12.3. The highest BCUT2D eigenvalue weighted by atomic mass is 79.9. The monoisotopic (exact) mass is 417 g/mol. The second kappa shape index (κ2) is 7.49. The predicted molar refractivity (Wildman–Crippen MR) is 91.9 cm³/mol. The van der Waals surface area contributed by atoms with Crippen molar-refractivity contribution in [3.63, 3.8) is 0 Å². The Hall–Kier alpha value is -3.00. The fourth-order valence-electron chi connectivity index (χ4n) is 2.57. The molecule has 1 atom stereocenters. The number of halogens is 1. The van der Waals surface area contributed by atoms with Crippen LogP contribution in [-0.2, 0) is 19.4 Å². The molecular weight excluding hydrogens is 406 g/mol. The standard InChI is InChI=1S/C18H12BrNO6/c19-20-15(21)10-14(16(20)22)12-8-4-5-9-13(12)18(24)26-25-17(23)11-6-2-1-3-7-11/h1-9,14H,10H2. The molecule has 2 aromatic carbocycles. The molecule has 0 radical (unpaired) electrons. The molecule has 2 amide bonds. The molecule has 1 fully saturated rings. The van der Waals surface area contributed by atoms with Gasteiger partial charge in [0.1, 0.15) is 0 Å². The van der Waals surface area contributed by atoms with Gasteiger partial charge in [-0.25, -0.2) is 23.3 Å². The van der Waals surface area contributed by atoms with E-state index in [1.165, 1.54) is 18.2 Å². The van der Waals surface area contributed by atoms with E-state index in [2.05, 4.69) is 25.9 Å². The zero-order chi connectivity index (χ0) is 18.7. The summed E-state index contributed by atoms with van der Waals surface area (Å²) in [6, 6.07) is 14.2. The summed E-state index contributed by atoms with van der Waals surface area (Å²) in [5.41, 5.74) is 0.593. The van der Waals surface area contributed by atoms with Crippen LogP contribution >= 0.6 is 16.1 Å². The third-order valence-electron chi connectivity index (χ3n) is 3.85. The van der Waals surface area contributed by atoms with Crippen molar-refractivity contribution in [2.24, 2.45) is 0 Å². The van der Waals surface area contributed by atoms with Gasteiger partial charge in [-0.15, -0.1) is 0 Å². The minimum atomic E-state index is -0.932. The second-order valence-corrected chi connectivity index (χ2v) is 6.17. The molecule has 0 saturated carbocycles. The van der Waals surface area contributed by atoms with E-state index in [9.17, 15) is 19.2 Å². The maximum Gasteiger partial charge on any atom is 0.386 e. The van der Waals surface area contributed by atoms with Gasteiger partial charge in [-0.05, 0) is 23.8 Å². The van der Waals surface area contributed by atoms with Crippen LogP contribution in [0.4, 0.5) is 0 Å². The molecule has 0 N–H and O–H groups in total. The highest BCUT2D eigenvalue weighted by molar-refractivity contribution is 9.08. The molecule has 26 heavy (non-hydrogen) atoms. The third-order valence-corrected chi connectivity index (χ3v) is 4.59. The van der Waals surface area contributed by atoms with Gasteiger partial charge in [0.2, 0.25) is 11.8 Å². The number of carbonyl (C=O) groups is 4. The van der Waals surface area contributed by atoms with E-state index in [-0.39, 0.29) is 17.5 Å². The number of benzene rings is 2. The van der Waals surface area contributed by atoms with E-state index in [0.717, 1.165) is 3.93 Å². The number of nitrogens with zero attached hydrogens (tertiary/aromatic N) is 1. The molecule has 0 aromatic heterocycles. The first-order chi connectivity index (χ1) is 12.5. The van der Waals surface area contributed by atoms with Gasteiger partial charge in [0.25, 0.3) is 0 Å². The van der Waals surface area contributed by atoms with Gasteiger partial charge in [0.05, 0.1) is 33.2 Å². The van der Waals surface area contributed by atoms with Gasteiger partial charge in [-0.2, -0.15) is 0 Å². The number of amides is 2. The van der Waals surface area contributed by atoms with Crippen molar-refractivity contribution in [3.05, 3.63) is 71.3 Å². The van der Waals surface area contributed by atoms with Crippen molar-refractivity contribution in [2.45, 2.75) is 12.3 Å². The van der Waals surface area contributed by atoms with E-state index in [4.69, 9.17) is 0 Å². The van der Waals surface area contributed by atoms with Gasteiger partial charge in [0, 0.05) is 6.42 Å². The minimum Gasteiger partial charge on any atom is -0.273 e. The molecule has 0 aliphatic carbocycles. The van der Waals surface area contributed by atoms with E-state index in [1.54, 1.807) is 36.4 Å². The lowest BCUT2D eigenvalue weighted by molar-refractivity contribution is -0.187. The minimum absolute atomic E-state index is 0.0438. The summed E-state index contributed by atoms with van der Waals surface area (Å²) in [6.45, 7) is 0. The Bertz CT molecular complexity index is 882. The summed E-state index contributed by atoms with van der Waals surface area (Å²) >= 11 is 2.89. The number of hydrogen-bond donors (Lipinski definition) is 0. The first-order valence-electron chi connectivity index (χ1n) is 7.58. The summed E-state index contributed by atoms with van der Waals surface area (Å²) in [4.78, 5) is 57.2. The Morgan fingerprint density at radius 2 is 1.54 bits per heavy atom. The first kappa shape index (κ1) is 17.8. The van der Waals surface area contributed by atoms with Crippen LogP contribution in [0.3, 0.4) is 0 Å². The molecular formula is C18H12BrNO6. The predicted octanol–water partition coefficient (Wildman–Crippen LogP) is 2.77. The van der Waals surface area contributed by atoms with Crippen molar-refractivity contribution in [2.75, 3.05) is 0 Å². The molecule has 1 saturated heterocycles. The molecule has 1 aliphatic rings. The SMILES string of the molecule is O=C(OOC(=O)c1ccccc1C1CC(=O)N(Br)C1=O)c1ccccc1. The fraction of sp³-hybridized carbons (Fsp3) is 0.111. The lowest BCUT2D eigenvalue weighted by Gasteiger charge is -2.12. The van der Waals surface area contributed by atoms with Crippen molar-refractivity contribution in [1.82, 2.24) is 3.93 Å². The van der Waals surface area contributed by atoms with Crippen LogP contribution < -0.4 is 0 Å². The van der Waals surface area contributed by atoms with Crippen LogP contribution in [0.5, 0.6) is 0 Å². The van der Waals surface area contributed by atoms with Gasteiger partial charge in [0.15, 0.2) is 0 Å². The van der Waals surface area contributed by atoms with Crippen LogP contribution in [0.1, 0.15) is 38.6 Å². The Balaban J connectivity index is 1.75. The van der Waals surface area contributed by atoms with Crippen LogP contribution in [-0.4, -0.2) is 27.7 Å². The average molecular weight is 418 g/mol. The molecule has 1 unspecified atom stereocenters. The number of imide groups is 1. The van der Waals surface area contributed by atoms with Gasteiger partial charge < -0.3 is 0 Å². The van der Waals surface area contributed by atoms with Crippen molar-refractivity contribution < 1.29 is 29.0 Å². The van der Waals surface area contributed by atoms with Crippen LogP contribution in [0, 0.1) is 0 Å². The van der Waals surface area contributed by atoms with Crippen molar-refractivity contribution in [1.29, 1.82) is 0 Å². The highest BCUT2D eigenvalue weighted by Gasteiger charge is 2.40. The zero-order valence-corrected chi connectivity index (χ0v) is 14.8. The molecule has 0 bridgehead atoms. The Kier molecular flexibility index (Phi) is 5.13. The maximum atomic E-state index is 12.3. The molecule has 7 nitrogen and oxygen atoms in total. The summed E-state index contributed by atoms with van der Waals surface area (Å²) < 4.78 is 0.842. The number of rotatable bonds is 3. The molecule has 132 valence electrons. The van der Waals surface area contributed by atoms with E-state index in [1.807, 2.05) is 0 Å². The average Bonchev–Trinajstić information content (AvgIpc) is 2.93. The van der Waals surface area contributed by atoms with Crippen LogP contribution in [0.2, 0.25) is 0 Å². The van der Waals surface area contributed by atoms with E-state index < -0.39 is 29.7 Å². The summed E-state index contributed by atoms with van der Waals surface area (Å²) in [5, 5.41) is 0. The quantitative estimate of drug-likeness (QED) is 0.330. The summed E-state index contributed by atoms with van der Waals surface area (Å²) in [6.07, 6.45) is -0.0713. The van der Waals surface area contributed by atoms with Crippen molar-refractivity contribution in [3.8, 4) is 0 Å².